The Morgan fingerprint density at radius 3 is 2.37 bits per heavy atom. The molecule has 0 saturated heterocycles. The number of carboxylic acids is 1. The van der Waals surface area contributed by atoms with Crippen LogP contribution in [0.15, 0.2) is 42.5 Å². The SMILES string of the molecule is Cc1ccc2c(c1)[C@H](N(C(=O)CCC(=O)O)C1CC1)[C@H]1CCC[C@H]1N2C(=O)c1ccc(OC(F)(F)F)cc1. The van der Waals surface area contributed by atoms with Crippen LogP contribution in [0, 0.1) is 12.8 Å². The van der Waals surface area contributed by atoms with Crippen molar-refractivity contribution < 1.29 is 37.4 Å². The molecule has 7 nitrogen and oxygen atoms in total. The van der Waals surface area contributed by atoms with Crippen LogP contribution in [-0.2, 0) is 9.59 Å². The highest BCUT2D eigenvalue weighted by Gasteiger charge is 2.51. The van der Waals surface area contributed by atoms with Gasteiger partial charge in [0.05, 0.1) is 12.5 Å². The Balaban J connectivity index is 1.52. The molecule has 0 spiro atoms. The molecule has 1 N–H and O–H groups in total. The van der Waals surface area contributed by atoms with Gasteiger partial charge in [-0.05, 0) is 68.5 Å². The minimum Gasteiger partial charge on any atom is -0.481 e. The summed E-state index contributed by atoms with van der Waals surface area (Å²) in [6, 6.07) is 10.3. The number of carbonyl (C=O) groups is 3. The molecule has 3 atom stereocenters. The fraction of sp³-hybridized carbons (Fsp3) is 0.464. The molecule has 5 rings (SSSR count). The van der Waals surface area contributed by atoms with Gasteiger partial charge in [0.15, 0.2) is 0 Å². The summed E-state index contributed by atoms with van der Waals surface area (Å²) in [5, 5.41) is 9.15. The first kappa shape index (κ1) is 26.1. The lowest BCUT2D eigenvalue weighted by molar-refractivity contribution is -0.274. The molecule has 1 heterocycles. The topological polar surface area (TPSA) is 87.2 Å². The summed E-state index contributed by atoms with van der Waals surface area (Å²) in [6.45, 7) is 1.94. The average Bonchev–Trinajstić information content (AvgIpc) is 3.57. The predicted molar refractivity (Wildman–Crippen MR) is 132 cm³/mol. The normalized spacial score (nSPS) is 22.4. The van der Waals surface area contributed by atoms with Gasteiger partial charge in [-0.3, -0.25) is 14.4 Å². The van der Waals surface area contributed by atoms with Gasteiger partial charge < -0.3 is 19.6 Å². The predicted octanol–water partition coefficient (Wildman–Crippen LogP) is 5.62. The van der Waals surface area contributed by atoms with E-state index in [4.69, 9.17) is 5.11 Å². The van der Waals surface area contributed by atoms with Crippen molar-refractivity contribution in [3.63, 3.8) is 0 Å². The number of hydrogen-bond acceptors (Lipinski definition) is 4. The summed E-state index contributed by atoms with van der Waals surface area (Å²) in [5.74, 6) is -1.95. The van der Waals surface area contributed by atoms with E-state index in [-0.39, 0.29) is 54.3 Å². The van der Waals surface area contributed by atoms with E-state index in [1.807, 2.05) is 30.0 Å². The molecule has 202 valence electrons. The zero-order valence-corrected chi connectivity index (χ0v) is 20.9. The van der Waals surface area contributed by atoms with Gasteiger partial charge in [-0.1, -0.05) is 24.1 Å². The fourth-order valence-corrected chi connectivity index (χ4v) is 6.03. The van der Waals surface area contributed by atoms with Gasteiger partial charge in [0.1, 0.15) is 5.75 Å². The average molecular weight is 531 g/mol. The molecule has 3 aliphatic rings. The molecule has 2 saturated carbocycles. The molecule has 2 aliphatic carbocycles. The van der Waals surface area contributed by atoms with Crippen molar-refractivity contribution in [2.24, 2.45) is 5.92 Å². The van der Waals surface area contributed by atoms with E-state index in [2.05, 4.69) is 4.74 Å². The Morgan fingerprint density at radius 1 is 1.03 bits per heavy atom. The molecule has 38 heavy (non-hydrogen) atoms. The third-order valence-electron chi connectivity index (χ3n) is 7.66. The van der Waals surface area contributed by atoms with E-state index in [0.29, 0.717) is 5.69 Å². The molecule has 1 aliphatic heterocycles. The molecule has 2 amide bonds. The molecular formula is C28H29F3N2O5. The van der Waals surface area contributed by atoms with Crippen molar-refractivity contribution in [1.29, 1.82) is 0 Å². The van der Waals surface area contributed by atoms with Crippen molar-refractivity contribution in [1.82, 2.24) is 4.90 Å². The first-order valence-electron chi connectivity index (χ1n) is 12.9. The van der Waals surface area contributed by atoms with Crippen LogP contribution in [0.2, 0.25) is 0 Å². The van der Waals surface area contributed by atoms with Crippen molar-refractivity contribution in [3.05, 3.63) is 59.2 Å². The molecular weight excluding hydrogens is 501 g/mol. The van der Waals surface area contributed by atoms with Gasteiger partial charge in [0.2, 0.25) is 5.91 Å². The number of nitrogens with zero attached hydrogens (tertiary/aromatic N) is 2. The standard InChI is InChI=1S/C28H29F3N2O5/c1-16-5-12-23-21(15-16)26(32(18-8-9-18)24(34)13-14-25(35)36)20-3-2-4-22(20)33(23)27(37)17-6-10-19(11-7-17)38-28(29,30)31/h5-7,10-12,15,18,20,22,26H,2-4,8-9,13-14H2,1H3,(H,35,36)/t20-,22+,26+/m0/s1. The van der Waals surface area contributed by atoms with Crippen LogP contribution >= 0.6 is 0 Å². The Kier molecular flexibility index (Phi) is 6.83. The Bertz CT molecular complexity index is 1240. The third kappa shape index (κ3) is 5.21. The maximum atomic E-state index is 13.8. The maximum Gasteiger partial charge on any atom is 0.573 e. The number of halogens is 3. The zero-order chi connectivity index (χ0) is 27.2. The molecule has 10 heteroatoms. The number of hydrogen-bond donors (Lipinski definition) is 1. The number of aryl methyl sites for hydroxylation is 1. The second-order valence-corrected chi connectivity index (χ2v) is 10.3. The summed E-state index contributed by atoms with van der Waals surface area (Å²) < 4.78 is 41.7. The highest BCUT2D eigenvalue weighted by atomic mass is 19.4. The molecule has 2 aromatic carbocycles. The lowest BCUT2D eigenvalue weighted by Gasteiger charge is -2.48. The number of rotatable bonds is 7. The van der Waals surface area contributed by atoms with E-state index in [1.54, 1.807) is 4.90 Å². The van der Waals surface area contributed by atoms with Crippen LogP contribution < -0.4 is 9.64 Å². The highest BCUT2D eigenvalue weighted by Crippen LogP contribution is 2.53. The molecule has 0 unspecified atom stereocenters. The van der Waals surface area contributed by atoms with Gasteiger partial charge in [-0.25, -0.2) is 0 Å². The van der Waals surface area contributed by atoms with Crippen molar-refractivity contribution in [2.75, 3.05) is 4.90 Å². The zero-order valence-electron chi connectivity index (χ0n) is 20.9. The van der Waals surface area contributed by atoms with Gasteiger partial charge in [-0.15, -0.1) is 13.2 Å². The number of carbonyl (C=O) groups excluding carboxylic acids is 2. The number of aliphatic carboxylic acids is 1. The van der Waals surface area contributed by atoms with E-state index < -0.39 is 18.1 Å². The summed E-state index contributed by atoms with van der Waals surface area (Å²) in [7, 11) is 0. The van der Waals surface area contributed by atoms with Crippen molar-refractivity contribution >= 4 is 23.5 Å². The van der Waals surface area contributed by atoms with Crippen LogP contribution in [0.1, 0.15) is 72.5 Å². The second-order valence-electron chi connectivity index (χ2n) is 10.3. The Morgan fingerprint density at radius 2 is 1.74 bits per heavy atom. The number of fused-ring (bicyclic) bond motifs is 2. The summed E-state index contributed by atoms with van der Waals surface area (Å²) in [6.07, 6.45) is -0.999. The van der Waals surface area contributed by atoms with Crippen LogP contribution in [-0.4, -0.2) is 46.2 Å². The number of amides is 2. The highest BCUT2D eigenvalue weighted by molar-refractivity contribution is 6.07. The lowest BCUT2D eigenvalue weighted by atomic mass is 9.80. The largest absolute Gasteiger partial charge is 0.573 e. The summed E-state index contributed by atoms with van der Waals surface area (Å²) >= 11 is 0. The molecule has 2 fully saturated rings. The minimum absolute atomic E-state index is 0.0320. The Labute approximate surface area is 218 Å². The number of alkyl halides is 3. The van der Waals surface area contributed by atoms with Crippen LogP contribution in [0.25, 0.3) is 0 Å². The van der Waals surface area contributed by atoms with Crippen molar-refractivity contribution in [3.8, 4) is 5.75 Å². The lowest BCUT2D eigenvalue weighted by Crippen LogP contribution is -2.53. The summed E-state index contributed by atoms with van der Waals surface area (Å²) in [5.41, 5.74) is 2.75. The maximum absolute atomic E-state index is 13.8. The van der Waals surface area contributed by atoms with E-state index >= 15 is 0 Å². The quantitative estimate of drug-likeness (QED) is 0.502. The van der Waals surface area contributed by atoms with Crippen LogP contribution in [0.4, 0.5) is 18.9 Å². The van der Waals surface area contributed by atoms with Crippen LogP contribution in [0.3, 0.4) is 0 Å². The third-order valence-corrected chi connectivity index (χ3v) is 7.66. The second kappa shape index (κ2) is 9.96. The van der Waals surface area contributed by atoms with E-state index in [0.717, 1.165) is 55.4 Å². The van der Waals surface area contributed by atoms with Crippen LogP contribution in [0.5, 0.6) is 5.75 Å². The molecule has 2 aromatic rings. The van der Waals surface area contributed by atoms with E-state index in [9.17, 15) is 27.6 Å². The fourth-order valence-electron chi connectivity index (χ4n) is 6.03. The Hall–Kier alpha value is -3.56. The van der Waals surface area contributed by atoms with Crippen molar-refractivity contribution in [2.45, 2.75) is 76.4 Å². The van der Waals surface area contributed by atoms with Gasteiger partial charge >= 0.3 is 12.3 Å². The number of carboxylic acid groups (broad SMARTS) is 1. The number of anilines is 1. The number of ether oxygens (including phenoxy) is 1. The molecule has 0 bridgehead atoms. The molecule has 0 aromatic heterocycles. The summed E-state index contributed by atoms with van der Waals surface area (Å²) in [4.78, 5) is 42.0. The number of benzene rings is 2. The first-order valence-corrected chi connectivity index (χ1v) is 12.9. The molecule has 0 radical (unpaired) electrons. The van der Waals surface area contributed by atoms with E-state index in [1.165, 1.54) is 12.1 Å². The monoisotopic (exact) mass is 530 g/mol. The van der Waals surface area contributed by atoms with Gasteiger partial charge in [0.25, 0.3) is 5.91 Å². The smallest absolute Gasteiger partial charge is 0.481 e. The van der Waals surface area contributed by atoms with Gasteiger partial charge in [-0.2, -0.15) is 0 Å². The van der Waals surface area contributed by atoms with Gasteiger partial charge in [0, 0.05) is 35.7 Å². The minimum atomic E-state index is -4.82. The first-order chi connectivity index (χ1) is 18.0.